The average molecular weight is 378 g/mol. The highest BCUT2D eigenvalue weighted by molar-refractivity contribution is 7.92. The van der Waals surface area contributed by atoms with Crippen LogP contribution in [0.2, 0.25) is 0 Å². The lowest BCUT2D eigenvalue weighted by molar-refractivity contribution is 0.340. The van der Waals surface area contributed by atoms with Crippen molar-refractivity contribution in [3.8, 4) is 17.2 Å². The van der Waals surface area contributed by atoms with E-state index in [-0.39, 0.29) is 27.8 Å². The number of azide groups is 1. The molecule has 10 heteroatoms. The van der Waals surface area contributed by atoms with E-state index in [2.05, 4.69) is 14.7 Å². The van der Waals surface area contributed by atoms with Gasteiger partial charge in [0, 0.05) is 11.0 Å². The van der Waals surface area contributed by atoms with Gasteiger partial charge in [0.15, 0.2) is 0 Å². The number of hydrogen-bond acceptors (Lipinski definition) is 6. The zero-order valence-electron chi connectivity index (χ0n) is 14.5. The van der Waals surface area contributed by atoms with Crippen molar-refractivity contribution in [3.05, 3.63) is 46.8 Å². The van der Waals surface area contributed by atoms with Gasteiger partial charge >= 0.3 is 0 Å². The van der Waals surface area contributed by atoms with Crippen molar-refractivity contribution < 1.29 is 22.6 Å². The Bertz CT molecular complexity index is 922. The average Bonchev–Trinajstić information content (AvgIpc) is 2.63. The van der Waals surface area contributed by atoms with E-state index >= 15 is 0 Å². The van der Waals surface area contributed by atoms with Gasteiger partial charge in [-0.15, -0.1) is 0 Å². The summed E-state index contributed by atoms with van der Waals surface area (Å²) < 4.78 is 43.3. The van der Waals surface area contributed by atoms with Crippen LogP contribution in [0.25, 0.3) is 10.4 Å². The third kappa shape index (κ3) is 4.29. The molecule has 0 aliphatic heterocycles. The molecule has 0 amide bonds. The number of sulfonamides is 1. The van der Waals surface area contributed by atoms with Crippen molar-refractivity contribution in [3.63, 3.8) is 0 Å². The first-order chi connectivity index (χ1) is 12.4. The Morgan fingerprint density at radius 1 is 1.12 bits per heavy atom. The maximum absolute atomic E-state index is 12.6. The summed E-state index contributed by atoms with van der Waals surface area (Å²) in [6.45, 7) is 2.32. The minimum atomic E-state index is -3.87. The lowest BCUT2D eigenvalue weighted by Gasteiger charge is -2.15. The van der Waals surface area contributed by atoms with Gasteiger partial charge in [0.1, 0.15) is 17.2 Å². The van der Waals surface area contributed by atoms with Crippen molar-refractivity contribution in [2.24, 2.45) is 5.11 Å². The molecule has 2 rings (SSSR count). The molecular weight excluding hydrogens is 360 g/mol. The number of anilines is 1. The van der Waals surface area contributed by atoms with Crippen LogP contribution in [0, 0.1) is 0 Å². The Hall–Kier alpha value is -3.10. The molecule has 9 nitrogen and oxygen atoms in total. The van der Waals surface area contributed by atoms with Crippen LogP contribution in [0.5, 0.6) is 17.2 Å². The number of benzene rings is 2. The molecule has 2 aromatic rings. The van der Waals surface area contributed by atoms with Crippen LogP contribution >= 0.6 is 0 Å². The summed E-state index contributed by atoms with van der Waals surface area (Å²) in [6.07, 6.45) is 0. The van der Waals surface area contributed by atoms with E-state index in [1.165, 1.54) is 38.5 Å². The van der Waals surface area contributed by atoms with E-state index in [0.29, 0.717) is 12.4 Å². The van der Waals surface area contributed by atoms with Crippen LogP contribution in [0.1, 0.15) is 6.92 Å². The first-order valence-corrected chi connectivity index (χ1v) is 9.00. The number of ether oxygens (including phenoxy) is 3. The maximum atomic E-state index is 12.6. The number of nitrogens with zero attached hydrogens (tertiary/aromatic N) is 3. The summed E-state index contributed by atoms with van der Waals surface area (Å²) >= 11 is 0. The van der Waals surface area contributed by atoms with Crippen LogP contribution in [0.4, 0.5) is 11.4 Å². The Labute approximate surface area is 151 Å². The SMILES string of the molecule is CCOc1ccc(S(=O)(=O)Nc2cc(OC)c(N=[N+]=[N-])cc2OC)cc1. The Balaban J connectivity index is 2.40. The number of hydrogen-bond donors (Lipinski definition) is 1. The molecule has 26 heavy (non-hydrogen) atoms. The summed E-state index contributed by atoms with van der Waals surface area (Å²) in [6, 6.07) is 8.78. The minimum Gasteiger partial charge on any atom is -0.496 e. The number of rotatable bonds is 8. The van der Waals surface area contributed by atoms with Gasteiger partial charge in [-0.2, -0.15) is 0 Å². The van der Waals surface area contributed by atoms with E-state index in [1.54, 1.807) is 12.1 Å². The molecule has 0 aliphatic rings. The highest BCUT2D eigenvalue weighted by Gasteiger charge is 2.19. The molecule has 0 heterocycles. The lowest BCUT2D eigenvalue weighted by atomic mass is 10.2. The fraction of sp³-hybridized carbons (Fsp3) is 0.250. The summed E-state index contributed by atoms with van der Waals surface area (Å²) in [5, 5.41) is 3.49. The second kappa shape index (κ2) is 8.32. The molecule has 0 spiro atoms. The Kier molecular flexibility index (Phi) is 6.16. The minimum absolute atomic E-state index is 0.0566. The summed E-state index contributed by atoms with van der Waals surface area (Å²) in [4.78, 5) is 2.76. The highest BCUT2D eigenvalue weighted by Crippen LogP contribution is 2.39. The summed E-state index contributed by atoms with van der Waals surface area (Å²) in [5.74, 6) is 0.958. The predicted molar refractivity (Wildman–Crippen MR) is 96.8 cm³/mol. The van der Waals surface area contributed by atoms with Gasteiger partial charge in [0.25, 0.3) is 10.0 Å². The van der Waals surface area contributed by atoms with E-state index in [9.17, 15) is 8.42 Å². The molecule has 0 aliphatic carbocycles. The normalized spacial score (nSPS) is 10.6. The largest absolute Gasteiger partial charge is 0.496 e. The van der Waals surface area contributed by atoms with Crippen LogP contribution in [-0.2, 0) is 10.0 Å². The van der Waals surface area contributed by atoms with Gasteiger partial charge in [0.05, 0.1) is 37.1 Å². The molecule has 0 fully saturated rings. The smallest absolute Gasteiger partial charge is 0.262 e. The van der Waals surface area contributed by atoms with Crippen molar-refractivity contribution >= 4 is 21.4 Å². The van der Waals surface area contributed by atoms with E-state index < -0.39 is 10.0 Å². The maximum Gasteiger partial charge on any atom is 0.262 e. The van der Waals surface area contributed by atoms with Crippen LogP contribution < -0.4 is 18.9 Å². The third-order valence-corrected chi connectivity index (χ3v) is 4.72. The van der Waals surface area contributed by atoms with Crippen molar-refractivity contribution in [2.75, 3.05) is 25.5 Å². The zero-order valence-corrected chi connectivity index (χ0v) is 15.3. The molecule has 1 N–H and O–H groups in total. The van der Waals surface area contributed by atoms with Crippen molar-refractivity contribution in [2.45, 2.75) is 11.8 Å². The first kappa shape index (κ1) is 19.2. The second-order valence-electron chi connectivity index (χ2n) is 4.92. The molecule has 0 bridgehead atoms. The van der Waals surface area contributed by atoms with Crippen LogP contribution in [0.15, 0.2) is 46.4 Å². The molecule has 0 aromatic heterocycles. The number of methoxy groups -OCH3 is 2. The second-order valence-corrected chi connectivity index (χ2v) is 6.61. The molecule has 0 unspecified atom stereocenters. The van der Waals surface area contributed by atoms with Gasteiger partial charge < -0.3 is 14.2 Å². The van der Waals surface area contributed by atoms with Gasteiger partial charge in [-0.05, 0) is 42.8 Å². The van der Waals surface area contributed by atoms with Gasteiger partial charge in [-0.3, -0.25) is 4.72 Å². The van der Waals surface area contributed by atoms with Gasteiger partial charge in [0.2, 0.25) is 0 Å². The van der Waals surface area contributed by atoms with Crippen molar-refractivity contribution in [1.82, 2.24) is 0 Å². The topological polar surface area (TPSA) is 123 Å². The van der Waals surface area contributed by atoms with Crippen LogP contribution in [0.3, 0.4) is 0 Å². The summed E-state index contributed by atoms with van der Waals surface area (Å²) in [5.41, 5.74) is 8.93. The predicted octanol–water partition coefficient (Wildman–Crippen LogP) is 3.85. The monoisotopic (exact) mass is 378 g/mol. The molecule has 2 aromatic carbocycles. The van der Waals surface area contributed by atoms with Gasteiger partial charge in [-0.25, -0.2) is 8.42 Å². The summed E-state index contributed by atoms with van der Waals surface area (Å²) in [7, 11) is -1.12. The molecule has 0 saturated carbocycles. The lowest BCUT2D eigenvalue weighted by Crippen LogP contribution is -2.13. The quantitative estimate of drug-likeness (QED) is 0.425. The fourth-order valence-electron chi connectivity index (χ4n) is 2.17. The van der Waals surface area contributed by atoms with E-state index in [1.807, 2.05) is 6.92 Å². The fourth-order valence-corrected chi connectivity index (χ4v) is 3.23. The molecule has 138 valence electrons. The number of nitrogens with one attached hydrogen (secondary N) is 1. The zero-order chi connectivity index (χ0) is 19.2. The van der Waals surface area contributed by atoms with Gasteiger partial charge in [-0.1, -0.05) is 5.11 Å². The molecule has 0 radical (unpaired) electrons. The highest BCUT2D eigenvalue weighted by atomic mass is 32.2. The van der Waals surface area contributed by atoms with E-state index in [4.69, 9.17) is 19.7 Å². The molecule has 0 atom stereocenters. The standard InChI is InChI=1S/C16H18N4O5S/c1-4-25-11-5-7-12(8-6-11)26(21,22)19-14-10-15(23-2)13(18-20-17)9-16(14)24-3/h5-10,19H,4H2,1-3H3. The van der Waals surface area contributed by atoms with E-state index in [0.717, 1.165) is 0 Å². The van der Waals surface area contributed by atoms with Crippen LogP contribution in [-0.4, -0.2) is 29.2 Å². The molecular formula is C16H18N4O5S. The van der Waals surface area contributed by atoms with Crippen molar-refractivity contribution in [1.29, 1.82) is 0 Å². The third-order valence-electron chi connectivity index (χ3n) is 3.34. The molecule has 0 saturated heterocycles. The Morgan fingerprint density at radius 2 is 1.77 bits per heavy atom. The Morgan fingerprint density at radius 3 is 2.31 bits per heavy atom. The first-order valence-electron chi connectivity index (χ1n) is 7.52.